The van der Waals surface area contributed by atoms with Gasteiger partial charge < -0.3 is 14.1 Å². The van der Waals surface area contributed by atoms with Gasteiger partial charge >= 0.3 is 0 Å². The SMILES string of the molecule is COCc1ccc(C(=O)N2C[C@H]3CC[C@@H]2CN(S(=O)(=O)N(C)C)C3)o1. The Balaban J connectivity index is 1.79. The molecule has 25 heavy (non-hydrogen) atoms. The highest BCUT2D eigenvalue weighted by Crippen LogP contribution is 2.31. The maximum absolute atomic E-state index is 12.9. The molecule has 0 unspecified atom stereocenters. The summed E-state index contributed by atoms with van der Waals surface area (Å²) in [7, 11) is 1.16. The molecule has 1 aromatic heterocycles. The second kappa shape index (κ2) is 7.06. The van der Waals surface area contributed by atoms with E-state index in [9.17, 15) is 13.2 Å². The lowest BCUT2D eigenvalue weighted by Crippen LogP contribution is -2.48. The standard InChI is InChI=1S/C16H25N3O5S/c1-17(2)25(21,22)18-8-12-4-5-13(10-18)19(9-12)16(20)15-7-6-14(24-15)11-23-3/h6-7,12-13H,4-5,8-11H2,1-3H3/t12-,13+/m0/s1. The highest BCUT2D eigenvalue weighted by Gasteiger charge is 2.42. The van der Waals surface area contributed by atoms with E-state index < -0.39 is 10.2 Å². The first-order chi connectivity index (χ1) is 11.8. The van der Waals surface area contributed by atoms with Gasteiger partial charge in [-0.15, -0.1) is 0 Å². The summed E-state index contributed by atoms with van der Waals surface area (Å²) in [4.78, 5) is 14.6. The fourth-order valence-corrected chi connectivity index (χ4v) is 4.78. The van der Waals surface area contributed by atoms with Crippen LogP contribution >= 0.6 is 0 Å². The van der Waals surface area contributed by atoms with E-state index >= 15 is 0 Å². The maximum Gasteiger partial charge on any atom is 0.289 e. The lowest BCUT2D eigenvalue weighted by Gasteiger charge is -2.35. The zero-order valence-corrected chi connectivity index (χ0v) is 15.7. The van der Waals surface area contributed by atoms with Crippen LogP contribution in [-0.4, -0.2) is 74.7 Å². The minimum Gasteiger partial charge on any atom is -0.453 e. The third-order valence-corrected chi connectivity index (χ3v) is 6.76. The van der Waals surface area contributed by atoms with Gasteiger partial charge in [0.05, 0.1) is 0 Å². The van der Waals surface area contributed by atoms with E-state index in [0.29, 0.717) is 32.0 Å². The zero-order chi connectivity index (χ0) is 18.2. The van der Waals surface area contributed by atoms with Gasteiger partial charge in [-0.1, -0.05) is 0 Å². The number of rotatable bonds is 5. The molecule has 4 rings (SSSR count). The van der Waals surface area contributed by atoms with E-state index in [0.717, 1.165) is 12.8 Å². The van der Waals surface area contributed by atoms with Crippen molar-refractivity contribution >= 4 is 16.1 Å². The summed E-state index contributed by atoms with van der Waals surface area (Å²) in [5.74, 6) is 0.844. The molecule has 0 radical (unpaired) electrons. The molecule has 1 amide bonds. The predicted octanol–water partition coefficient (Wildman–Crippen LogP) is 0.769. The van der Waals surface area contributed by atoms with E-state index in [2.05, 4.69) is 0 Å². The summed E-state index contributed by atoms with van der Waals surface area (Å²) in [5, 5.41) is 0. The Morgan fingerprint density at radius 2 is 2.04 bits per heavy atom. The molecule has 140 valence electrons. The fourth-order valence-electron chi connectivity index (χ4n) is 3.56. The lowest BCUT2D eigenvalue weighted by molar-refractivity contribution is 0.0550. The summed E-state index contributed by atoms with van der Waals surface area (Å²) < 4.78 is 38.3. The number of piperidine rings is 1. The first kappa shape index (κ1) is 18.4. The number of amides is 1. The molecule has 3 aliphatic heterocycles. The molecule has 9 heteroatoms. The van der Waals surface area contributed by atoms with Gasteiger partial charge in [0.15, 0.2) is 5.76 Å². The molecule has 3 aliphatic rings. The van der Waals surface area contributed by atoms with Crippen molar-refractivity contribution < 1.29 is 22.4 Å². The van der Waals surface area contributed by atoms with Crippen molar-refractivity contribution in [2.24, 2.45) is 5.92 Å². The van der Waals surface area contributed by atoms with Crippen LogP contribution in [0.1, 0.15) is 29.2 Å². The van der Waals surface area contributed by atoms with Crippen LogP contribution in [0.5, 0.6) is 0 Å². The zero-order valence-electron chi connectivity index (χ0n) is 14.8. The smallest absolute Gasteiger partial charge is 0.289 e. The third-order valence-electron chi connectivity index (χ3n) is 4.89. The Morgan fingerprint density at radius 1 is 1.28 bits per heavy atom. The second-order valence-electron chi connectivity index (χ2n) is 6.86. The number of carbonyl (C=O) groups excluding carboxylic acids is 1. The molecule has 0 aromatic carbocycles. The van der Waals surface area contributed by atoms with Gasteiger partial charge in [0.1, 0.15) is 12.4 Å². The number of hydrogen-bond acceptors (Lipinski definition) is 5. The van der Waals surface area contributed by atoms with E-state index in [-0.39, 0.29) is 23.6 Å². The fraction of sp³-hybridized carbons (Fsp3) is 0.688. The number of nitrogens with zero attached hydrogens (tertiary/aromatic N) is 3. The van der Waals surface area contributed by atoms with Crippen LogP contribution in [0.25, 0.3) is 0 Å². The van der Waals surface area contributed by atoms with Gasteiger partial charge in [-0.3, -0.25) is 4.79 Å². The monoisotopic (exact) mass is 371 g/mol. The molecule has 2 atom stereocenters. The van der Waals surface area contributed by atoms with Crippen LogP contribution in [0.4, 0.5) is 0 Å². The molecule has 3 fully saturated rings. The predicted molar refractivity (Wildman–Crippen MR) is 91.1 cm³/mol. The Hall–Kier alpha value is -1.42. The first-order valence-corrected chi connectivity index (χ1v) is 9.79. The highest BCUT2D eigenvalue weighted by atomic mass is 32.2. The number of carbonyl (C=O) groups is 1. The molecule has 0 N–H and O–H groups in total. The van der Waals surface area contributed by atoms with Crippen LogP contribution in [0.15, 0.2) is 16.5 Å². The Morgan fingerprint density at radius 3 is 2.72 bits per heavy atom. The maximum atomic E-state index is 12.9. The average molecular weight is 371 g/mol. The minimum absolute atomic E-state index is 0.128. The van der Waals surface area contributed by atoms with Gasteiger partial charge in [-0.25, -0.2) is 0 Å². The van der Waals surface area contributed by atoms with Gasteiger partial charge in [0.2, 0.25) is 0 Å². The molecule has 4 heterocycles. The van der Waals surface area contributed by atoms with Crippen molar-refractivity contribution in [3.05, 3.63) is 23.7 Å². The lowest BCUT2D eigenvalue weighted by atomic mass is 9.95. The molecular formula is C16H25N3O5S. The Kier molecular flexibility index (Phi) is 5.19. The number of methoxy groups -OCH3 is 1. The summed E-state index contributed by atoms with van der Waals surface area (Å²) in [6.45, 7) is 1.65. The van der Waals surface area contributed by atoms with Crippen LogP contribution in [-0.2, 0) is 21.6 Å². The van der Waals surface area contributed by atoms with Crippen LogP contribution in [0, 0.1) is 5.92 Å². The second-order valence-corrected chi connectivity index (χ2v) is 9.00. The van der Waals surface area contributed by atoms with Gasteiger partial charge in [0.25, 0.3) is 16.1 Å². The molecule has 0 saturated carbocycles. The normalized spacial score (nSPS) is 24.7. The van der Waals surface area contributed by atoms with Gasteiger partial charge in [-0.05, 0) is 30.9 Å². The van der Waals surface area contributed by atoms with Crippen molar-refractivity contribution in [2.45, 2.75) is 25.5 Å². The largest absolute Gasteiger partial charge is 0.453 e. The summed E-state index contributed by atoms with van der Waals surface area (Å²) in [6, 6.07) is 3.26. The highest BCUT2D eigenvalue weighted by molar-refractivity contribution is 7.86. The van der Waals surface area contributed by atoms with Crippen molar-refractivity contribution in [1.29, 1.82) is 0 Å². The Labute approximate surface area is 148 Å². The van der Waals surface area contributed by atoms with E-state index in [1.807, 2.05) is 0 Å². The van der Waals surface area contributed by atoms with E-state index in [4.69, 9.17) is 9.15 Å². The molecule has 2 bridgehead atoms. The van der Waals surface area contributed by atoms with Crippen LogP contribution in [0.2, 0.25) is 0 Å². The quantitative estimate of drug-likeness (QED) is 0.763. The number of fused-ring (bicyclic) bond motifs is 4. The summed E-state index contributed by atoms with van der Waals surface area (Å²) >= 11 is 0. The van der Waals surface area contributed by atoms with Crippen molar-refractivity contribution in [1.82, 2.24) is 13.5 Å². The molecule has 3 saturated heterocycles. The van der Waals surface area contributed by atoms with E-state index in [1.54, 1.807) is 24.1 Å². The van der Waals surface area contributed by atoms with Crippen molar-refractivity contribution in [2.75, 3.05) is 40.8 Å². The number of furan rings is 1. The molecule has 8 nitrogen and oxygen atoms in total. The number of ether oxygens (including phenoxy) is 1. The average Bonchev–Trinajstić information content (AvgIpc) is 2.83. The van der Waals surface area contributed by atoms with Gasteiger partial charge in [0, 0.05) is 46.9 Å². The molecule has 0 aliphatic carbocycles. The topological polar surface area (TPSA) is 83.3 Å². The summed E-state index contributed by atoms with van der Waals surface area (Å²) in [6.07, 6.45) is 1.74. The molecule has 1 aromatic rings. The molecule has 0 spiro atoms. The number of hydrogen-bond donors (Lipinski definition) is 0. The van der Waals surface area contributed by atoms with Gasteiger partial charge in [-0.2, -0.15) is 17.0 Å². The minimum atomic E-state index is -3.48. The first-order valence-electron chi connectivity index (χ1n) is 8.39. The Bertz CT molecular complexity index is 730. The molecular weight excluding hydrogens is 346 g/mol. The third kappa shape index (κ3) is 3.59. The summed E-state index contributed by atoms with van der Waals surface area (Å²) in [5.41, 5.74) is 0. The van der Waals surface area contributed by atoms with Crippen LogP contribution < -0.4 is 0 Å². The van der Waals surface area contributed by atoms with Crippen molar-refractivity contribution in [3.8, 4) is 0 Å². The van der Waals surface area contributed by atoms with Crippen molar-refractivity contribution in [3.63, 3.8) is 0 Å². The van der Waals surface area contributed by atoms with Crippen LogP contribution in [0.3, 0.4) is 0 Å². The van der Waals surface area contributed by atoms with E-state index in [1.165, 1.54) is 22.7 Å².